The number of hydrogen-bond donors (Lipinski definition) is 0. The van der Waals surface area contributed by atoms with Gasteiger partial charge >= 0.3 is 0 Å². The molecule has 6 nitrogen and oxygen atoms in total. The summed E-state index contributed by atoms with van der Waals surface area (Å²) in [6.07, 6.45) is 2.31. The molecule has 0 spiro atoms. The summed E-state index contributed by atoms with van der Waals surface area (Å²) in [6.45, 7) is 1.33. The molecule has 30 heavy (non-hydrogen) atoms. The largest absolute Gasteiger partial charge is 0.497 e. The number of thioether (sulfide) groups is 1. The molecular formula is C22H26N2O4S2. The van der Waals surface area contributed by atoms with Crippen LogP contribution in [0.15, 0.2) is 58.3 Å². The lowest BCUT2D eigenvalue weighted by Crippen LogP contribution is -2.47. The van der Waals surface area contributed by atoms with Crippen LogP contribution in [0.5, 0.6) is 5.75 Å². The number of methoxy groups -OCH3 is 1. The summed E-state index contributed by atoms with van der Waals surface area (Å²) in [4.78, 5) is 16.6. The van der Waals surface area contributed by atoms with E-state index < -0.39 is 10.0 Å². The average Bonchev–Trinajstić information content (AvgIpc) is 3.01. The fourth-order valence-electron chi connectivity index (χ4n) is 4.04. The van der Waals surface area contributed by atoms with Gasteiger partial charge in [0.1, 0.15) is 5.75 Å². The van der Waals surface area contributed by atoms with E-state index in [-0.39, 0.29) is 23.3 Å². The third-order valence-corrected chi connectivity index (χ3v) is 8.66. The number of para-hydroxylation sites is 1. The second-order valence-electron chi connectivity index (χ2n) is 7.54. The summed E-state index contributed by atoms with van der Waals surface area (Å²) < 4.78 is 32.9. The third kappa shape index (κ3) is 4.22. The minimum Gasteiger partial charge on any atom is -0.497 e. The van der Waals surface area contributed by atoms with Gasteiger partial charge in [-0.05, 0) is 61.4 Å². The van der Waals surface area contributed by atoms with Gasteiger partial charge in [-0.2, -0.15) is 4.31 Å². The SMILES string of the molecule is COc1ccc(S(=O)(=O)N2CCCC(C(=O)N3CCCSc4ccccc43)C2)cc1. The number of hydrogen-bond acceptors (Lipinski definition) is 5. The van der Waals surface area contributed by atoms with E-state index in [4.69, 9.17) is 4.74 Å². The molecule has 8 heteroatoms. The summed E-state index contributed by atoms with van der Waals surface area (Å²) in [7, 11) is -2.10. The maximum Gasteiger partial charge on any atom is 0.243 e. The van der Waals surface area contributed by atoms with Gasteiger partial charge < -0.3 is 9.64 Å². The van der Waals surface area contributed by atoms with Crippen LogP contribution in [0.3, 0.4) is 0 Å². The number of amides is 1. The Morgan fingerprint density at radius 3 is 2.60 bits per heavy atom. The molecular weight excluding hydrogens is 420 g/mol. The molecule has 1 atom stereocenters. The van der Waals surface area contributed by atoms with Crippen molar-refractivity contribution >= 4 is 33.4 Å². The first-order valence-corrected chi connectivity index (χ1v) is 12.6. The molecule has 1 amide bonds. The normalized spacial score (nSPS) is 20.3. The zero-order valence-corrected chi connectivity index (χ0v) is 18.6. The second kappa shape index (κ2) is 8.99. The summed E-state index contributed by atoms with van der Waals surface area (Å²) in [5, 5.41) is 0. The van der Waals surface area contributed by atoms with Gasteiger partial charge in [0, 0.05) is 24.5 Å². The quantitative estimate of drug-likeness (QED) is 0.718. The number of fused-ring (bicyclic) bond motifs is 1. The molecule has 2 aromatic rings. The predicted molar refractivity (Wildman–Crippen MR) is 119 cm³/mol. The minimum atomic E-state index is -3.65. The van der Waals surface area contributed by atoms with E-state index in [9.17, 15) is 13.2 Å². The number of ether oxygens (including phenoxy) is 1. The van der Waals surface area contributed by atoms with E-state index in [1.54, 1.807) is 43.1 Å². The van der Waals surface area contributed by atoms with Crippen molar-refractivity contribution in [3.63, 3.8) is 0 Å². The Kier molecular flexibility index (Phi) is 6.36. The highest BCUT2D eigenvalue weighted by Gasteiger charge is 2.36. The molecule has 1 unspecified atom stereocenters. The van der Waals surface area contributed by atoms with Crippen LogP contribution in [0.25, 0.3) is 0 Å². The van der Waals surface area contributed by atoms with Gasteiger partial charge in [-0.3, -0.25) is 4.79 Å². The first-order valence-electron chi connectivity index (χ1n) is 10.2. The van der Waals surface area contributed by atoms with E-state index in [0.29, 0.717) is 31.7 Å². The maximum atomic E-state index is 13.4. The van der Waals surface area contributed by atoms with E-state index in [1.165, 1.54) is 4.31 Å². The van der Waals surface area contributed by atoms with Crippen molar-refractivity contribution in [2.45, 2.75) is 29.1 Å². The number of sulfonamides is 1. The maximum absolute atomic E-state index is 13.4. The molecule has 4 rings (SSSR count). The molecule has 0 bridgehead atoms. The summed E-state index contributed by atoms with van der Waals surface area (Å²) >= 11 is 1.77. The molecule has 0 aliphatic carbocycles. The van der Waals surface area contributed by atoms with Crippen molar-refractivity contribution in [3.05, 3.63) is 48.5 Å². The molecule has 0 N–H and O–H groups in total. The molecule has 0 saturated carbocycles. The standard InChI is InChI=1S/C22H26N2O4S2/c1-28-18-9-11-19(12-10-18)30(26,27)23-13-4-6-17(16-23)22(25)24-14-5-15-29-21-8-3-2-7-20(21)24/h2-3,7-12,17H,4-6,13-16H2,1H3. The monoisotopic (exact) mass is 446 g/mol. The summed E-state index contributed by atoms with van der Waals surface area (Å²) in [5.41, 5.74) is 0.945. The minimum absolute atomic E-state index is 0.0274. The van der Waals surface area contributed by atoms with E-state index in [1.807, 2.05) is 29.2 Å². The lowest BCUT2D eigenvalue weighted by molar-refractivity contribution is -0.123. The van der Waals surface area contributed by atoms with Gasteiger partial charge in [-0.25, -0.2) is 8.42 Å². The number of rotatable bonds is 4. The number of anilines is 1. The molecule has 2 heterocycles. The zero-order valence-electron chi connectivity index (χ0n) is 17.0. The Morgan fingerprint density at radius 2 is 1.83 bits per heavy atom. The van der Waals surface area contributed by atoms with Crippen molar-refractivity contribution < 1.29 is 17.9 Å². The number of piperidine rings is 1. The second-order valence-corrected chi connectivity index (χ2v) is 10.6. The lowest BCUT2D eigenvalue weighted by Gasteiger charge is -2.34. The number of carbonyl (C=O) groups excluding carboxylic acids is 1. The highest BCUT2D eigenvalue weighted by atomic mass is 32.2. The van der Waals surface area contributed by atoms with Gasteiger partial charge in [0.05, 0.1) is 23.6 Å². The Labute approximate surface area is 182 Å². The first-order chi connectivity index (χ1) is 14.5. The zero-order chi connectivity index (χ0) is 21.1. The van der Waals surface area contributed by atoms with Crippen molar-refractivity contribution in [1.29, 1.82) is 0 Å². The van der Waals surface area contributed by atoms with E-state index in [0.717, 1.165) is 22.8 Å². The molecule has 1 saturated heterocycles. The summed E-state index contributed by atoms with van der Waals surface area (Å²) in [5.74, 6) is 1.28. The highest BCUT2D eigenvalue weighted by Crippen LogP contribution is 2.35. The lowest BCUT2D eigenvalue weighted by atomic mass is 9.97. The molecule has 160 valence electrons. The van der Waals surface area contributed by atoms with Crippen LogP contribution in [0.1, 0.15) is 19.3 Å². The Hall–Kier alpha value is -2.03. The van der Waals surface area contributed by atoms with Gasteiger partial charge in [0.15, 0.2) is 0 Å². The Bertz CT molecular complexity index is 1010. The molecule has 2 aromatic carbocycles. The smallest absolute Gasteiger partial charge is 0.243 e. The molecule has 0 radical (unpaired) electrons. The number of carbonyl (C=O) groups is 1. The van der Waals surface area contributed by atoms with Crippen molar-refractivity contribution in [1.82, 2.24) is 4.31 Å². The Balaban J connectivity index is 1.54. The average molecular weight is 447 g/mol. The van der Waals surface area contributed by atoms with Crippen LogP contribution in [-0.2, 0) is 14.8 Å². The van der Waals surface area contributed by atoms with E-state index >= 15 is 0 Å². The van der Waals surface area contributed by atoms with Crippen LogP contribution in [0.4, 0.5) is 5.69 Å². The number of nitrogens with zero attached hydrogens (tertiary/aromatic N) is 2. The molecule has 2 aliphatic heterocycles. The van der Waals surface area contributed by atoms with Gasteiger partial charge in [0.25, 0.3) is 0 Å². The molecule has 0 aromatic heterocycles. The van der Waals surface area contributed by atoms with Crippen molar-refractivity contribution in [3.8, 4) is 5.75 Å². The van der Waals surface area contributed by atoms with Gasteiger partial charge in [-0.15, -0.1) is 11.8 Å². The summed E-state index contributed by atoms with van der Waals surface area (Å²) in [6, 6.07) is 14.4. The molecule has 2 aliphatic rings. The van der Waals surface area contributed by atoms with Crippen molar-refractivity contribution in [2.75, 3.05) is 37.4 Å². The fraction of sp³-hybridized carbons (Fsp3) is 0.409. The van der Waals surface area contributed by atoms with Crippen LogP contribution in [0.2, 0.25) is 0 Å². The highest BCUT2D eigenvalue weighted by molar-refractivity contribution is 7.99. The predicted octanol–water partition coefficient (Wildman–Crippen LogP) is 3.62. The first kappa shape index (κ1) is 21.2. The van der Waals surface area contributed by atoms with Gasteiger partial charge in [-0.1, -0.05) is 12.1 Å². The van der Waals surface area contributed by atoms with Crippen LogP contribution >= 0.6 is 11.8 Å². The Morgan fingerprint density at radius 1 is 1.07 bits per heavy atom. The third-order valence-electron chi connectivity index (χ3n) is 5.64. The van der Waals surface area contributed by atoms with Gasteiger partial charge in [0.2, 0.25) is 15.9 Å². The van der Waals surface area contributed by atoms with E-state index in [2.05, 4.69) is 0 Å². The number of benzene rings is 2. The van der Waals surface area contributed by atoms with Crippen LogP contribution in [0, 0.1) is 5.92 Å². The van der Waals surface area contributed by atoms with Crippen LogP contribution in [-0.4, -0.2) is 51.1 Å². The fourth-order valence-corrected chi connectivity index (χ4v) is 6.55. The van der Waals surface area contributed by atoms with Crippen LogP contribution < -0.4 is 9.64 Å². The molecule has 1 fully saturated rings. The van der Waals surface area contributed by atoms with Crippen molar-refractivity contribution in [2.24, 2.45) is 5.92 Å². The topological polar surface area (TPSA) is 66.9 Å².